The van der Waals surface area contributed by atoms with E-state index in [0.29, 0.717) is 13.0 Å². The molecular weight excluding hydrogens is 417 g/mol. The molecule has 5 nitrogen and oxygen atoms in total. The number of aromatic amines is 1. The summed E-state index contributed by atoms with van der Waals surface area (Å²) in [6.45, 7) is 4.55. The second-order valence-electron chi connectivity index (χ2n) is 8.57. The van der Waals surface area contributed by atoms with Crippen molar-refractivity contribution in [1.82, 2.24) is 9.88 Å². The Hall–Kier alpha value is -3.80. The highest BCUT2D eigenvalue weighted by Gasteiger charge is 2.35. The van der Waals surface area contributed by atoms with E-state index >= 15 is 0 Å². The summed E-state index contributed by atoms with van der Waals surface area (Å²) in [4.78, 5) is 18.8. The van der Waals surface area contributed by atoms with Crippen molar-refractivity contribution in [2.24, 2.45) is 0 Å². The van der Waals surface area contributed by atoms with Crippen LogP contribution >= 0.6 is 0 Å². The van der Waals surface area contributed by atoms with Gasteiger partial charge in [-0.25, -0.2) is 9.18 Å². The zero-order valence-corrected chi connectivity index (χ0v) is 18.9. The van der Waals surface area contributed by atoms with Gasteiger partial charge in [0, 0.05) is 28.8 Å². The Bertz CT molecular complexity index is 1340. The molecule has 3 aromatic carbocycles. The number of amides is 2. The van der Waals surface area contributed by atoms with Gasteiger partial charge in [0.2, 0.25) is 0 Å². The van der Waals surface area contributed by atoms with E-state index < -0.39 is 0 Å². The molecule has 0 fully saturated rings. The van der Waals surface area contributed by atoms with Gasteiger partial charge in [0.05, 0.1) is 13.2 Å². The zero-order chi connectivity index (χ0) is 23.1. The molecule has 168 valence electrons. The van der Waals surface area contributed by atoms with E-state index in [1.54, 1.807) is 19.2 Å². The smallest absolute Gasteiger partial charge is 0.322 e. The molecule has 1 aliphatic rings. The summed E-state index contributed by atoms with van der Waals surface area (Å²) in [5.41, 5.74) is 6.90. The number of halogens is 1. The third-order valence-electron chi connectivity index (χ3n) is 6.40. The van der Waals surface area contributed by atoms with Crippen molar-refractivity contribution < 1.29 is 13.9 Å². The fraction of sp³-hybridized carbons (Fsp3) is 0.222. The SMILES string of the molecule is COc1ccc2[nH]c3c(c2c1)CCN(C(=O)Nc1ccc(C)cc1C)[C@@H]3c1ccc(F)cc1. The van der Waals surface area contributed by atoms with E-state index in [4.69, 9.17) is 4.74 Å². The highest BCUT2D eigenvalue weighted by Crippen LogP contribution is 2.39. The first-order valence-electron chi connectivity index (χ1n) is 11.0. The van der Waals surface area contributed by atoms with Crippen LogP contribution in [0.3, 0.4) is 0 Å². The summed E-state index contributed by atoms with van der Waals surface area (Å²) < 4.78 is 19.1. The molecule has 33 heavy (non-hydrogen) atoms. The van der Waals surface area contributed by atoms with Crippen molar-refractivity contribution in [3.05, 3.63) is 94.4 Å². The van der Waals surface area contributed by atoms with Crippen molar-refractivity contribution >= 4 is 22.6 Å². The third kappa shape index (κ3) is 3.82. The molecular formula is C27H26FN3O2. The van der Waals surface area contributed by atoms with Crippen molar-refractivity contribution in [3.8, 4) is 5.75 Å². The molecule has 0 bridgehead atoms. The molecule has 2 N–H and O–H groups in total. The number of rotatable bonds is 3. The van der Waals surface area contributed by atoms with Gasteiger partial charge in [0.15, 0.2) is 0 Å². The highest BCUT2D eigenvalue weighted by molar-refractivity contribution is 5.92. The largest absolute Gasteiger partial charge is 0.497 e. The van der Waals surface area contributed by atoms with Gasteiger partial charge in [-0.2, -0.15) is 0 Å². The van der Waals surface area contributed by atoms with Gasteiger partial charge in [-0.1, -0.05) is 29.8 Å². The zero-order valence-electron chi connectivity index (χ0n) is 18.9. The van der Waals surface area contributed by atoms with Crippen molar-refractivity contribution in [1.29, 1.82) is 0 Å². The molecule has 0 radical (unpaired) electrons. The lowest BCUT2D eigenvalue weighted by molar-refractivity contribution is 0.193. The predicted octanol–water partition coefficient (Wildman–Crippen LogP) is 6.11. The van der Waals surface area contributed by atoms with Crippen LogP contribution in [0.2, 0.25) is 0 Å². The first-order chi connectivity index (χ1) is 15.9. The van der Waals surface area contributed by atoms with Gasteiger partial charge in [0.25, 0.3) is 0 Å². The summed E-state index contributed by atoms with van der Waals surface area (Å²) in [5.74, 6) is 0.486. The highest BCUT2D eigenvalue weighted by atomic mass is 19.1. The molecule has 0 aliphatic carbocycles. The van der Waals surface area contributed by atoms with Crippen LogP contribution in [0.1, 0.15) is 34.0 Å². The number of carbonyl (C=O) groups is 1. The molecule has 4 aromatic rings. The second kappa shape index (κ2) is 8.28. The molecule has 1 aliphatic heterocycles. The minimum atomic E-state index is -0.363. The summed E-state index contributed by atoms with van der Waals surface area (Å²) in [7, 11) is 1.65. The van der Waals surface area contributed by atoms with Crippen LogP contribution in [-0.4, -0.2) is 29.6 Å². The number of urea groups is 1. The maximum atomic E-state index is 13.7. The van der Waals surface area contributed by atoms with Crippen molar-refractivity contribution in [3.63, 3.8) is 0 Å². The molecule has 0 unspecified atom stereocenters. The lowest BCUT2D eigenvalue weighted by Crippen LogP contribution is -2.43. The number of aryl methyl sites for hydroxylation is 2. The number of H-pyrrole nitrogens is 1. The average Bonchev–Trinajstić information content (AvgIpc) is 3.18. The van der Waals surface area contributed by atoms with Crippen LogP contribution in [0, 0.1) is 19.7 Å². The number of hydrogen-bond donors (Lipinski definition) is 2. The van der Waals surface area contributed by atoms with E-state index in [1.807, 2.05) is 55.1 Å². The lowest BCUT2D eigenvalue weighted by Gasteiger charge is -2.36. The van der Waals surface area contributed by atoms with Crippen LogP contribution in [-0.2, 0) is 6.42 Å². The number of methoxy groups -OCH3 is 1. The number of fused-ring (bicyclic) bond motifs is 3. The third-order valence-corrected chi connectivity index (χ3v) is 6.40. The van der Waals surface area contributed by atoms with Crippen LogP contribution in [0.4, 0.5) is 14.9 Å². The van der Waals surface area contributed by atoms with Gasteiger partial charge in [-0.05, 0) is 73.4 Å². The Kier molecular flexibility index (Phi) is 5.29. The van der Waals surface area contributed by atoms with Crippen LogP contribution in [0.5, 0.6) is 5.75 Å². The Morgan fingerprint density at radius 2 is 1.88 bits per heavy atom. The van der Waals surface area contributed by atoms with E-state index in [9.17, 15) is 9.18 Å². The molecule has 0 saturated heterocycles. The molecule has 2 heterocycles. The number of nitrogens with one attached hydrogen (secondary N) is 2. The standard InChI is InChI=1S/C27H26FN3O2/c1-16-4-10-23(17(2)14-16)30-27(32)31-13-12-21-22-15-20(33-3)9-11-24(22)29-25(21)26(31)18-5-7-19(28)8-6-18/h4-11,14-15,26,29H,12-13H2,1-3H3,(H,30,32)/t26-/m1/s1. The van der Waals surface area contributed by atoms with Gasteiger partial charge in [-0.3, -0.25) is 0 Å². The normalized spacial score (nSPS) is 15.4. The minimum Gasteiger partial charge on any atom is -0.497 e. The van der Waals surface area contributed by atoms with Gasteiger partial charge < -0.3 is 19.9 Å². The van der Waals surface area contributed by atoms with E-state index in [-0.39, 0.29) is 17.9 Å². The maximum Gasteiger partial charge on any atom is 0.322 e. The van der Waals surface area contributed by atoms with E-state index in [0.717, 1.165) is 50.3 Å². The Balaban J connectivity index is 1.58. The van der Waals surface area contributed by atoms with Gasteiger partial charge >= 0.3 is 6.03 Å². The lowest BCUT2D eigenvalue weighted by atomic mass is 9.92. The number of benzene rings is 3. The van der Waals surface area contributed by atoms with Crippen LogP contribution < -0.4 is 10.1 Å². The molecule has 1 aromatic heterocycles. The molecule has 0 saturated carbocycles. The average molecular weight is 444 g/mol. The van der Waals surface area contributed by atoms with E-state index in [2.05, 4.69) is 10.3 Å². The summed E-state index contributed by atoms with van der Waals surface area (Å²) in [6.07, 6.45) is 0.709. The monoisotopic (exact) mass is 443 g/mol. The van der Waals surface area contributed by atoms with Gasteiger partial charge in [-0.15, -0.1) is 0 Å². The summed E-state index contributed by atoms with van der Waals surface area (Å²) >= 11 is 0. The quantitative estimate of drug-likeness (QED) is 0.401. The fourth-order valence-corrected chi connectivity index (χ4v) is 4.75. The predicted molar refractivity (Wildman–Crippen MR) is 128 cm³/mol. The number of aromatic nitrogens is 1. The Morgan fingerprint density at radius 3 is 2.61 bits per heavy atom. The molecule has 0 spiro atoms. The Labute approximate surface area is 192 Å². The topological polar surface area (TPSA) is 57.4 Å². The molecule has 2 amide bonds. The number of ether oxygens (including phenoxy) is 1. The first kappa shape index (κ1) is 21.1. The van der Waals surface area contributed by atoms with Crippen LogP contribution in [0.15, 0.2) is 60.7 Å². The number of hydrogen-bond acceptors (Lipinski definition) is 2. The second-order valence-corrected chi connectivity index (χ2v) is 8.57. The summed E-state index contributed by atoms with van der Waals surface area (Å²) in [6, 6.07) is 17.7. The summed E-state index contributed by atoms with van der Waals surface area (Å²) in [5, 5.41) is 4.17. The van der Waals surface area contributed by atoms with Crippen molar-refractivity contribution in [2.75, 3.05) is 19.0 Å². The first-order valence-corrected chi connectivity index (χ1v) is 11.0. The molecule has 5 rings (SSSR count). The van der Waals surface area contributed by atoms with E-state index in [1.165, 1.54) is 12.1 Å². The van der Waals surface area contributed by atoms with Crippen LogP contribution in [0.25, 0.3) is 10.9 Å². The molecule has 6 heteroatoms. The van der Waals surface area contributed by atoms with Gasteiger partial charge in [0.1, 0.15) is 11.6 Å². The van der Waals surface area contributed by atoms with Crippen molar-refractivity contribution in [2.45, 2.75) is 26.3 Å². The minimum absolute atomic E-state index is 0.182. The molecule has 1 atom stereocenters. The Morgan fingerprint density at radius 1 is 1.09 bits per heavy atom. The number of nitrogens with zero attached hydrogens (tertiary/aromatic N) is 1. The number of carbonyl (C=O) groups excluding carboxylic acids is 1. The fourth-order valence-electron chi connectivity index (χ4n) is 4.75. The number of anilines is 1. The maximum absolute atomic E-state index is 13.7.